The summed E-state index contributed by atoms with van der Waals surface area (Å²) in [5.74, 6) is 0. The van der Waals surface area contributed by atoms with Gasteiger partial charge < -0.3 is 27.9 Å². The highest BCUT2D eigenvalue weighted by molar-refractivity contribution is 7.51. The quantitative estimate of drug-likeness (QED) is 0.0560. The maximum Gasteiger partial charge on any atom is 0.135 e. The molecule has 1 fully saturated rings. The lowest BCUT2D eigenvalue weighted by Crippen LogP contribution is -2.58. The summed E-state index contributed by atoms with van der Waals surface area (Å²) in [7, 11) is 4.15. The molecule has 0 spiro atoms. The summed E-state index contributed by atoms with van der Waals surface area (Å²) in [6.45, 7) is 3.72. The normalized spacial score (nSPS) is 17.9. The average molecular weight is 576 g/mol. The van der Waals surface area contributed by atoms with E-state index in [1.807, 2.05) is 0 Å². The zero-order valence-electron chi connectivity index (χ0n) is 26.7. The van der Waals surface area contributed by atoms with E-state index in [1.165, 1.54) is 96.3 Å². The van der Waals surface area contributed by atoms with Crippen molar-refractivity contribution in [2.75, 3.05) is 54.2 Å². The maximum absolute atomic E-state index is 12.6. The Morgan fingerprint density at radius 1 is 0.795 bits per heavy atom. The van der Waals surface area contributed by atoms with Gasteiger partial charge in [0.25, 0.3) is 0 Å². The first-order chi connectivity index (χ1) is 18.7. The number of unbranched alkanes of at least 4 members (excludes halogenated alkanes) is 15. The molecule has 0 aromatic heterocycles. The highest BCUT2D eigenvalue weighted by Gasteiger charge is 2.46. The summed E-state index contributed by atoms with van der Waals surface area (Å²) >= 11 is 0. The van der Waals surface area contributed by atoms with Gasteiger partial charge in [0.1, 0.15) is 19.7 Å². The van der Waals surface area contributed by atoms with Gasteiger partial charge in [0.15, 0.2) is 0 Å². The summed E-state index contributed by atoms with van der Waals surface area (Å²) in [6, 6.07) is 0. The molecule has 6 nitrogen and oxygen atoms in total. The monoisotopic (exact) mass is 575 g/mol. The van der Waals surface area contributed by atoms with E-state index in [2.05, 4.69) is 28.1 Å². The summed E-state index contributed by atoms with van der Waals surface area (Å²) in [5.41, 5.74) is -0.100. The van der Waals surface area contributed by atoms with Gasteiger partial charge in [0.2, 0.25) is 0 Å². The van der Waals surface area contributed by atoms with Crippen molar-refractivity contribution in [2.45, 2.75) is 153 Å². The summed E-state index contributed by atoms with van der Waals surface area (Å²) in [6.07, 6.45) is 26.3. The zero-order valence-corrected chi connectivity index (χ0v) is 27.6. The molecule has 0 bridgehead atoms. The molecule has 0 aromatic carbocycles. The molecule has 0 aromatic rings. The van der Waals surface area contributed by atoms with Gasteiger partial charge in [-0.3, -0.25) is 0 Å². The van der Waals surface area contributed by atoms with Crippen LogP contribution >= 0.6 is 7.60 Å². The number of quaternary nitrogens is 1. The fraction of sp³-hybridized carbons (Fsp3) is 1.00. The standard InChI is InChI=1S/C32H66NO5P/c1-6-7-8-9-10-11-12-13-14-15-16-17-18-19-20-23-27-37-29-31(36-5)24-28-39(34,35)38-30-32(33(2,3)4)25-21-22-26-32/h31H,6-30H2,1-5H3. The molecule has 0 amide bonds. The largest absolute Gasteiger partial charge is 0.778 e. The van der Waals surface area contributed by atoms with Crippen molar-refractivity contribution in [3.8, 4) is 0 Å². The minimum Gasteiger partial charge on any atom is -0.778 e. The van der Waals surface area contributed by atoms with Crippen molar-refractivity contribution in [2.24, 2.45) is 0 Å². The predicted octanol–water partition coefficient (Wildman–Crippen LogP) is 8.26. The van der Waals surface area contributed by atoms with Crippen LogP contribution in [-0.2, 0) is 18.6 Å². The Labute approximate surface area is 243 Å². The van der Waals surface area contributed by atoms with Crippen LogP contribution in [0.1, 0.15) is 142 Å². The van der Waals surface area contributed by atoms with Crippen molar-refractivity contribution in [3.63, 3.8) is 0 Å². The van der Waals surface area contributed by atoms with Gasteiger partial charge >= 0.3 is 0 Å². The van der Waals surface area contributed by atoms with Gasteiger partial charge in [0, 0.05) is 32.7 Å². The SMILES string of the molecule is CCCCCCCCCCCCCCCCCCOCC(CCP(=O)([O-])OCC1([N+](C)(C)C)CCCC1)OC. The van der Waals surface area contributed by atoms with Crippen molar-refractivity contribution >= 4 is 7.60 Å². The number of hydrogen-bond acceptors (Lipinski definition) is 5. The van der Waals surface area contributed by atoms with E-state index in [0.29, 0.717) is 13.0 Å². The topological polar surface area (TPSA) is 67.8 Å². The molecule has 1 aliphatic carbocycles. The summed E-state index contributed by atoms with van der Waals surface area (Å²) in [5, 5.41) is 0. The first kappa shape index (κ1) is 37.1. The molecule has 0 N–H and O–H groups in total. The molecular weight excluding hydrogens is 509 g/mol. The van der Waals surface area contributed by atoms with E-state index in [0.717, 1.165) is 43.2 Å². The second kappa shape index (κ2) is 21.7. The van der Waals surface area contributed by atoms with Crippen LogP contribution in [0.4, 0.5) is 0 Å². The highest BCUT2D eigenvalue weighted by atomic mass is 31.2. The van der Waals surface area contributed by atoms with Crippen LogP contribution in [0, 0.1) is 0 Å². The molecule has 1 saturated carbocycles. The Hall–Kier alpha value is 0.0300. The molecule has 2 atom stereocenters. The Balaban J connectivity index is 1.99. The van der Waals surface area contributed by atoms with Crippen LogP contribution < -0.4 is 4.89 Å². The van der Waals surface area contributed by atoms with Crippen molar-refractivity contribution < 1.29 is 27.9 Å². The van der Waals surface area contributed by atoms with E-state index in [9.17, 15) is 9.46 Å². The molecular formula is C32H66NO5P. The van der Waals surface area contributed by atoms with E-state index in [-0.39, 0.29) is 24.4 Å². The van der Waals surface area contributed by atoms with Gasteiger partial charge in [-0.15, -0.1) is 0 Å². The van der Waals surface area contributed by atoms with E-state index in [1.54, 1.807) is 7.11 Å². The number of hydrogen-bond donors (Lipinski definition) is 0. The fourth-order valence-electron chi connectivity index (χ4n) is 5.86. The molecule has 0 saturated heterocycles. The second-order valence-electron chi connectivity index (χ2n) is 13.1. The third kappa shape index (κ3) is 17.6. The molecule has 7 heteroatoms. The average Bonchev–Trinajstić information content (AvgIpc) is 3.39. The molecule has 1 rings (SSSR count). The molecule has 2 unspecified atom stereocenters. The number of nitrogens with zero attached hydrogens (tertiary/aromatic N) is 1. The Morgan fingerprint density at radius 3 is 1.69 bits per heavy atom. The molecule has 0 aliphatic heterocycles. The van der Waals surface area contributed by atoms with E-state index < -0.39 is 7.60 Å². The molecule has 1 aliphatic rings. The van der Waals surface area contributed by atoms with Crippen LogP contribution in [0.2, 0.25) is 0 Å². The first-order valence-electron chi connectivity index (χ1n) is 16.5. The Morgan fingerprint density at radius 2 is 1.26 bits per heavy atom. The van der Waals surface area contributed by atoms with Gasteiger partial charge in [-0.25, -0.2) is 0 Å². The zero-order chi connectivity index (χ0) is 28.9. The first-order valence-corrected chi connectivity index (χ1v) is 18.3. The lowest BCUT2D eigenvalue weighted by Gasteiger charge is -2.44. The van der Waals surface area contributed by atoms with Crippen LogP contribution in [-0.4, -0.2) is 70.4 Å². The van der Waals surface area contributed by atoms with Gasteiger partial charge in [-0.1, -0.05) is 103 Å². The number of rotatable bonds is 27. The van der Waals surface area contributed by atoms with Gasteiger partial charge in [-0.05, 0) is 25.7 Å². The lowest BCUT2D eigenvalue weighted by molar-refractivity contribution is -0.923. The highest BCUT2D eigenvalue weighted by Crippen LogP contribution is 2.44. The fourth-order valence-corrected chi connectivity index (χ4v) is 7.03. The summed E-state index contributed by atoms with van der Waals surface area (Å²) in [4.78, 5) is 12.6. The number of methoxy groups -OCH3 is 1. The minimum absolute atomic E-state index is 0.00113. The molecule has 0 heterocycles. The number of ether oxygens (including phenoxy) is 2. The van der Waals surface area contributed by atoms with Crippen LogP contribution in [0.15, 0.2) is 0 Å². The van der Waals surface area contributed by atoms with Crippen molar-refractivity contribution in [3.05, 3.63) is 0 Å². The van der Waals surface area contributed by atoms with Crippen LogP contribution in [0.5, 0.6) is 0 Å². The predicted molar refractivity (Wildman–Crippen MR) is 163 cm³/mol. The van der Waals surface area contributed by atoms with Crippen molar-refractivity contribution in [1.29, 1.82) is 0 Å². The number of likely N-dealkylation sites (N-methyl/N-ethyl adjacent to an activating group) is 1. The van der Waals surface area contributed by atoms with Gasteiger partial charge in [-0.2, -0.15) is 0 Å². The van der Waals surface area contributed by atoms with Crippen molar-refractivity contribution in [1.82, 2.24) is 0 Å². The molecule has 39 heavy (non-hydrogen) atoms. The smallest absolute Gasteiger partial charge is 0.135 e. The lowest BCUT2D eigenvalue weighted by atomic mass is 9.95. The maximum atomic E-state index is 12.6. The minimum atomic E-state index is -3.90. The Bertz CT molecular complexity index is 618. The third-order valence-corrected chi connectivity index (χ3v) is 10.3. The van der Waals surface area contributed by atoms with Gasteiger partial charge in [0.05, 0.1) is 33.9 Å². The Kier molecular flexibility index (Phi) is 20.6. The van der Waals surface area contributed by atoms with Crippen LogP contribution in [0.3, 0.4) is 0 Å². The second-order valence-corrected chi connectivity index (χ2v) is 15.0. The van der Waals surface area contributed by atoms with E-state index in [4.69, 9.17) is 14.0 Å². The van der Waals surface area contributed by atoms with E-state index >= 15 is 0 Å². The third-order valence-electron chi connectivity index (χ3n) is 8.99. The molecule has 0 radical (unpaired) electrons. The molecule has 234 valence electrons. The summed E-state index contributed by atoms with van der Waals surface area (Å²) < 4.78 is 30.2. The van der Waals surface area contributed by atoms with Crippen LogP contribution in [0.25, 0.3) is 0 Å².